The van der Waals surface area contributed by atoms with Crippen LogP contribution in [0.3, 0.4) is 0 Å². The monoisotopic (exact) mass is 354 g/mol. The highest BCUT2D eigenvalue weighted by Gasteiger charge is 2.42. The lowest BCUT2D eigenvalue weighted by atomic mass is 10.1. The second kappa shape index (κ2) is 6.63. The van der Waals surface area contributed by atoms with Crippen LogP contribution in [0.15, 0.2) is 15.8 Å². The molecule has 1 aromatic rings. The van der Waals surface area contributed by atoms with Crippen molar-refractivity contribution in [2.24, 2.45) is 0 Å². The van der Waals surface area contributed by atoms with Crippen LogP contribution in [0.5, 0.6) is 0 Å². The zero-order valence-electron chi connectivity index (χ0n) is 12.0. The van der Waals surface area contributed by atoms with Gasteiger partial charge in [-0.15, -0.1) is 0 Å². The lowest BCUT2D eigenvalue weighted by Crippen LogP contribution is -2.36. The summed E-state index contributed by atoms with van der Waals surface area (Å²) in [6.45, 7) is 1.57. The summed E-state index contributed by atoms with van der Waals surface area (Å²) in [7, 11) is -4.80. The lowest BCUT2D eigenvalue weighted by molar-refractivity contribution is -0.0815. The predicted octanol–water partition coefficient (Wildman–Crippen LogP) is -0.788. The molecule has 0 aromatic carbocycles. The SMILES string of the molecule is CC[C@@H](OP(=O)(O)O)[C@H]1O[C@@H](n2cc(F)c(=O)[nH]c2=O)CC1O. The predicted molar refractivity (Wildman–Crippen MR) is 73.0 cm³/mol. The molecule has 4 atom stereocenters. The number of aromatic nitrogens is 2. The maximum Gasteiger partial charge on any atom is 0.469 e. The van der Waals surface area contributed by atoms with Crippen LogP contribution in [0.1, 0.15) is 26.0 Å². The van der Waals surface area contributed by atoms with Crippen molar-refractivity contribution in [3.05, 3.63) is 32.9 Å². The van der Waals surface area contributed by atoms with Gasteiger partial charge in [0.1, 0.15) is 12.3 Å². The van der Waals surface area contributed by atoms with E-state index in [1.165, 1.54) is 0 Å². The van der Waals surface area contributed by atoms with Crippen molar-refractivity contribution in [3.63, 3.8) is 0 Å². The third-order valence-electron chi connectivity index (χ3n) is 3.41. The number of aromatic amines is 1. The van der Waals surface area contributed by atoms with Gasteiger partial charge in [-0.05, 0) is 6.42 Å². The van der Waals surface area contributed by atoms with Crippen LogP contribution in [0.2, 0.25) is 0 Å². The molecule has 12 heteroatoms. The van der Waals surface area contributed by atoms with E-state index in [2.05, 4.69) is 4.52 Å². The van der Waals surface area contributed by atoms with Crippen LogP contribution in [-0.2, 0) is 13.8 Å². The van der Waals surface area contributed by atoms with Gasteiger partial charge in [-0.3, -0.25) is 18.9 Å². The Morgan fingerprint density at radius 3 is 2.78 bits per heavy atom. The highest BCUT2D eigenvalue weighted by atomic mass is 31.2. The molecular weight excluding hydrogens is 338 g/mol. The normalized spacial score (nSPS) is 26.4. The Balaban J connectivity index is 2.24. The number of phosphoric ester groups is 1. The minimum absolute atomic E-state index is 0.119. The first-order chi connectivity index (χ1) is 10.6. The summed E-state index contributed by atoms with van der Waals surface area (Å²) in [4.78, 5) is 42.2. The van der Waals surface area contributed by atoms with Gasteiger partial charge in [0, 0.05) is 6.42 Å². The van der Waals surface area contributed by atoms with Crippen molar-refractivity contribution in [1.82, 2.24) is 9.55 Å². The van der Waals surface area contributed by atoms with Gasteiger partial charge in [-0.2, -0.15) is 4.39 Å². The summed E-state index contributed by atoms with van der Waals surface area (Å²) < 4.78 is 35.0. The van der Waals surface area contributed by atoms with E-state index in [1.807, 2.05) is 0 Å². The zero-order chi connectivity index (χ0) is 17.4. The Morgan fingerprint density at radius 1 is 1.57 bits per heavy atom. The molecule has 0 saturated carbocycles. The molecule has 23 heavy (non-hydrogen) atoms. The summed E-state index contributed by atoms with van der Waals surface area (Å²) in [5, 5.41) is 9.99. The van der Waals surface area contributed by atoms with Crippen molar-refractivity contribution < 1.29 is 33.1 Å². The highest BCUT2D eigenvalue weighted by Crippen LogP contribution is 2.42. The summed E-state index contributed by atoms with van der Waals surface area (Å²) in [5.74, 6) is -1.20. The number of aliphatic hydroxyl groups is 1. The molecule has 0 bridgehead atoms. The van der Waals surface area contributed by atoms with Crippen molar-refractivity contribution in [3.8, 4) is 0 Å². The summed E-state index contributed by atoms with van der Waals surface area (Å²) in [5.41, 5.74) is -2.11. The summed E-state index contributed by atoms with van der Waals surface area (Å²) in [6, 6.07) is 0. The number of ether oxygens (including phenoxy) is 1. The first-order valence-corrected chi connectivity index (χ1v) is 8.24. The standard InChI is InChI=1S/C11H16FN2O8P/c1-2-7(22-23(18,19)20)9-6(15)3-8(21-9)14-4-5(12)10(16)13-11(14)17/h4,6-9,15H,2-3H2,1H3,(H,13,16,17)(H2,18,19,20)/t6?,7-,8-,9+/m1/s1. The van der Waals surface area contributed by atoms with E-state index in [9.17, 15) is 23.7 Å². The van der Waals surface area contributed by atoms with Gasteiger partial charge in [-0.25, -0.2) is 9.36 Å². The molecule has 4 N–H and O–H groups in total. The third-order valence-corrected chi connectivity index (χ3v) is 3.96. The van der Waals surface area contributed by atoms with Crippen molar-refractivity contribution in [2.75, 3.05) is 0 Å². The van der Waals surface area contributed by atoms with Gasteiger partial charge in [0.15, 0.2) is 0 Å². The number of aliphatic hydroxyl groups excluding tert-OH is 1. The van der Waals surface area contributed by atoms with Gasteiger partial charge >= 0.3 is 13.5 Å². The van der Waals surface area contributed by atoms with E-state index >= 15 is 0 Å². The molecule has 130 valence electrons. The molecule has 1 fully saturated rings. The van der Waals surface area contributed by atoms with Gasteiger partial charge in [-0.1, -0.05) is 6.92 Å². The van der Waals surface area contributed by atoms with Crippen LogP contribution >= 0.6 is 7.82 Å². The van der Waals surface area contributed by atoms with E-state index in [0.29, 0.717) is 6.20 Å². The first-order valence-electron chi connectivity index (χ1n) is 6.70. The Labute approximate surface area is 128 Å². The average Bonchev–Trinajstić information content (AvgIpc) is 2.81. The van der Waals surface area contributed by atoms with Crippen molar-refractivity contribution >= 4 is 7.82 Å². The number of hydrogen-bond donors (Lipinski definition) is 4. The van der Waals surface area contributed by atoms with Gasteiger partial charge in [0.25, 0.3) is 5.56 Å². The second-order valence-corrected chi connectivity index (χ2v) is 6.24. The topological polar surface area (TPSA) is 151 Å². The van der Waals surface area contributed by atoms with E-state index in [0.717, 1.165) is 4.57 Å². The molecule has 1 aliphatic rings. The second-order valence-electron chi connectivity index (χ2n) is 5.04. The number of nitrogens with zero attached hydrogens (tertiary/aromatic N) is 1. The number of phosphoric acid groups is 1. The van der Waals surface area contributed by atoms with Gasteiger partial charge < -0.3 is 19.6 Å². The molecule has 0 spiro atoms. The fourth-order valence-electron chi connectivity index (χ4n) is 2.40. The summed E-state index contributed by atoms with van der Waals surface area (Å²) in [6.07, 6.45) is -3.93. The van der Waals surface area contributed by atoms with E-state index in [4.69, 9.17) is 14.5 Å². The van der Waals surface area contributed by atoms with Crippen LogP contribution in [0.25, 0.3) is 0 Å². The number of halogens is 1. The van der Waals surface area contributed by atoms with Gasteiger partial charge in [0.2, 0.25) is 5.82 Å². The molecule has 2 heterocycles. The van der Waals surface area contributed by atoms with Crippen LogP contribution in [-0.4, -0.2) is 42.8 Å². The Morgan fingerprint density at radius 2 is 2.22 bits per heavy atom. The van der Waals surface area contributed by atoms with E-state index < -0.39 is 49.4 Å². The minimum atomic E-state index is -4.80. The maximum absolute atomic E-state index is 13.3. The Kier molecular flexibility index (Phi) is 5.19. The number of hydrogen-bond acceptors (Lipinski definition) is 6. The molecule has 1 unspecified atom stereocenters. The van der Waals surface area contributed by atoms with E-state index in [1.54, 1.807) is 11.9 Å². The molecular formula is C11H16FN2O8P. The summed E-state index contributed by atoms with van der Waals surface area (Å²) >= 11 is 0. The molecule has 1 saturated heterocycles. The molecule has 0 radical (unpaired) electrons. The fraction of sp³-hybridized carbons (Fsp3) is 0.636. The van der Waals surface area contributed by atoms with Crippen molar-refractivity contribution in [2.45, 2.75) is 44.3 Å². The number of H-pyrrole nitrogens is 1. The first kappa shape index (κ1) is 18.0. The highest BCUT2D eigenvalue weighted by molar-refractivity contribution is 7.46. The average molecular weight is 354 g/mol. The quantitative estimate of drug-likeness (QED) is 0.502. The van der Waals surface area contributed by atoms with Crippen LogP contribution in [0, 0.1) is 5.82 Å². The van der Waals surface area contributed by atoms with Gasteiger partial charge in [0.05, 0.1) is 18.4 Å². The molecule has 10 nitrogen and oxygen atoms in total. The Hall–Kier alpha value is -1.36. The molecule has 2 rings (SSSR count). The molecule has 1 aromatic heterocycles. The third kappa shape index (κ3) is 4.14. The van der Waals surface area contributed by atoms with Crippen LogP contribution < -0.4 is 11.2 Å². The van der Waals surface area contributed by atoms with E-state index in [-0.39, 0.29) is 12.8 Å². The lowest BCUT2D eigenvalue weighted by Gasteiger charge is -2.25. The maximum atomic E-state index is 13.3. The molecule has 0 amide bonds. The molecule has 0 aliphatic carbocycles. The van der Waals surface area contributed by atoms with Crippen LogP contribution in [0.4, 0.5) is 4.39 Å². The Bertz CT molecular complexity index is 727. The minimum Gasteiger partial charge on any atom is -0.390 e. The largest absolute Gasteiger partial charge is 0.469 e. The zero-order valence-corrected chi connectivity index (χ0v) is 12.9. The number of rotatable bonds is 5. The smallest absolute Gasteiger partial charge is 0.390 e. The molecule has 1 aliphatic heterocycles. The number of nitrogens with one attached hydrogen (secondary N) is 1. The van der Waals surface area contributed by atoms with Crippen molar-refractivity contribution in [1.29, 1.82) is 0 Å². The fourth-order valence-corrected chi connectivity index (χ4v) is 3.02.